The molecule has 1 amide bonds. The second-order valence-corrected chi connectivity index (χ2v) is 9.13. The number of hydrogen-bond donors (Lipinski definition) is 1. The molecule has 0 saturated carbocycles. The monoisotopic (exact) mass is 469 g/mol. The average molecular weight is 470 g/mol. The van der Waals surface area contributed by atoms with Gasteiger partial charge >= 0.3 is 0 Å². The van der Waals surface area contributed by atoms with E-state index in [-0.39, 0.29) is 22.8 Å². The molecule has 0 spiro atoms. The van der Waals surface area contributed by atoms with E-state index in [2.05, 4.69) is 5.32 Å². The minimum Gasteiger partial charge on any atom is -0.448 e. The smallest absolute Gasteiger partial charge is 0.298 e. The second kappa shape index (κ2) is 9.19. The Morgan fingerprint density at radius 3 is 2.56 bits per heavy atom. The lowest BCUT2D eigenvalue weighted by molar-refractivity contribution is -0.113. The van der Waals surface area contributed by atoms with Crippen molar-refractivity contribution in [3.05, 3.63) is 99.8 Å². The topological polar surface area (TPSA) is 77.1 Å². The molecular weight excluding hydrogens is 446 g/mol. The summed E-state index contributed by atoms with van der Waals surface area (Å²) >= 11 is 1.24. The van der Waals surface area contributed by atoms with Crippen molar-refractivity contribution < 1.29 is 9.21 Å². The average Bonchev–Trinajstić information content (AvgIpc) is 3.22. The highest BCUT2D eigenvalue weighted by atomic mass is 32.2. The number of furan rings is 1. The Bertz CT molecular complexity index is 1570. The molecule has 34 heavy (non-hydrogen) atoms. The molecule has 0 fully saturated rings. The van der Waals surface area contributed by atoms with Gasteiger partial charge in [0.25, 0.3) is 5.56 Å². The Morgan fingerprint density at radius 1 is 1.00 bits per heavy atom. The van der Waals surface area contributed by atoms with Crippen molar-refractivity contribution in [3.8, 4) is 0 Å². The molecule has 2 heterocycles. The molecule has 0 aliphatic heterocycles. The van der Waals surface area contributed by atoms with Crippen LogP contribution in [0.25, 0.3) is 22.1 Å². The first-order valence-corrected chi connectivity index (χ1v) is 11.9. The highest BCUT2D eigenvalue weighted by Gasteiger charge is 2.19. The molecular formula is C27H23N3O3S. The number of carbonyl (C=O) groups is 1. The van der Waals surface area contributed by atoms with Gasteiger partial charge in [0.2, 0.25) is 11.5 Å². The first-order valence-electron chi connectivity index (χ1n) is 11.0. The molecule has 0 saturated heterocycles. The highest BCUT2D eigenvalue weighted by Crippen LogP contribution is 2.27. The number of nitrogens with zero attached hydrogens (tertiary/aromatic N) is 2. The van der Waals surface area contributed by atoms with Crippen molar-refractivity contribution in [3.63, 3.8) is 0 Å². The van der Waals surface area contributed by atoms with E-state index in [0.29, 0.717) is 22.8 Å². The fourth-order valence-electron chi connectivity index (χ4n) is 3.82. The third-order valence-electron chi connectivity index (χ3n) is 5.75. The van der Waals surface area contributed by atoms with Crippen LogP contribution in [0.4, 0.5) is 5.69 Å². The van der Waals surface area contributed by atoms with Gasteiger partial charge in [-0.05, 0) is 54.8 Å². The van der Waals surface area contributed by atoms with Crippen LogP contribution in [0.5, 0.6) is 0 Å². The Hall–Kier alpha value is -3.84. The predicted octanol–water partition coefficient (Wildman–Crippen LogP) is 5.54. The molecule has 7 heteroatoms. The largest absolute Gasteiger partial charge is 0.448 e. The maximum absolute atomic E-state index is 13.4. The number of rotatable bonds is 6. The van der Waals surface area contributed by atoms with E-state index >= 15 is 0 Å². The fourth-order valence-corrected chi connectivity index (χ4v) is 4.61. The number of benzene rings is 3. The van der Waals surface area contributed by atoms with Crippen LogP contribution in [0, 0.1) is 13.8 Å². The number of para-hydroxylation sites is 1. The molecule has 0 aliphatic rings. The summed E-state index contributed by atoms with van der Waals surface area (Å²) in [5.41, 5.74) is 5.08. The van der Waals surface area contributed by atoms with Gasteiger partial charge in [0, 0.05) is 11.1 Å². The number of thioether (sulfide) groups is 1. The molecule has 6 nitrogen and oxygen atoms in total. The molecule has 5 rings (SSSR count). The maximum atomic E-state index is 13.4. The number of aromatic nitrogens is 2. The van der Waals surface area contributed by atoms with Crippen LogP contribution in [-0.4, -0.2) is 21.2 Å². The van der Waals surface area contributed by atoms with Crippen LogP contribution in [0.3, 0.4) is 0 Å². The summed E-state index contributed by atoms with van der Waals surface area (Å²) < 4.78 is 7.44. The lowest BCUT2D eigenvalue weighted by Gasteiger charge is -2.12. The van der Waals surface area contributed by atoms with E-state index in [1.54, 1.807) is 4.57 Å². The van der Waals surface area contributed by atoms with Gasteiger partial charge in [-0.15, -0.1) is 0 Å². The molecule has 1 N–H and O–H groups in total. The minimum atomic E-state index is -0.262. The number of carbonyl (C=O) groups excluding carboxylic acids is 1. The van der Waals surface area contributed by atoms with Gasteiger partial charge in [-0.3, -0.25) is 14.2 Å². The molecule has 170 valence electrons. The van der Waals surface area contributed by atoms with Crippen LogP contribution in [0.2, 0.25) is 0 Å². The zero-order valence-electron chi connectivity index (χ0n) is 18.9. The van der Waals surface area contributed by atoms with Gasteiger partial charge in [0.1, 0.15) is 11.1 Å². The van der Waals surface area contributed by atoms with E-state index in [0.717, 1.165) is 22.2 Å². The summed E-state index contributed by atoms with van der Waals surface area (Å²) in [5, 5.41) is 4.19. The minimum absolute atomic E-state index is 0.120. The number of anilines is 1. The van der Waals surface area contributed by atoms with Crippen molar-refractivity contribution in [1.82, 2.24) is 9.55 Å². The van der Waals surface area contributed by atoms with Crippen molar-refractivity contribution >= 4 is 45.4 Å². The lowest BCUT2D eigenvalue weighted by atomic mass is 10.1. The van der Waals surface area contributed by atoms with E-state index < -0.39 is 0 Å². The third-order valence-corrected chi connectivity index (χ3v) is 6.73. The summed E-state index contributed by atoms with van der Waals surface area (Å²) in [6.45, 7) is 4.38. The van der Waals surface area contributed by atoms with E-state index in [9.17, 15) is 9.59 Å². The number of fused-ring (bicyclic) bond motifs is 3. The van der Waals surface area contributed by atoms with Crippen LogP contribution >= 0.6 is 11.8 Å². The molecule has 0 bridgehead atoms. The molecule has 2 aromatic heterocycles. The quantitative estimate of drug-likeness (QED) is 0.261. The van der Waals surface area contributed by atoms with Crippen molar-refractivity contribution in [1.29, 1.82) is 0 Å². The predicted molar refractivity (Wildman–Crippen MR) is 137 cm³/mol. The zero-order chi connectivity index (χ0) is 23.7. The van der Waals surface area contributed by atoms with Gasteiger partial charge in [0.05, 0.1) is 12.3 Å². The fraction of sp³-hybridized carbons (Fsp3) is 0.148. The summed E-state index contributed by atoms with van der Waals surface area (Å²) in [6, 6.07) is 23.0. The van der Waals surface area contributed by atoms with Crippen LogP contribution in [0.15, 0.2) is 87.2 Å². The molecule has 0 aliphatic carbocycles. The van der Waals surface area contributed by atoms with Crippen molar-refractivity contribution in [2.75, 3.05) is 11.1 Å². The SMILES string of the molecule is Cc1ccc(NC(=O)CSc2nc3c(oc4ccccc43)c(=O)n2Cc2ccccc2)cc1C. The lowest BCUT2D eigenvalue weighted by Crippen LogP contribution is -2.24. The summed E-state index contributed by atoms with van der Waals surface area (Å²) in [6.07, 6.45) is 0. The first-order chi connectivity index (χ1) is 16.5. The Balaban J connectivity index is 1.49. The van der Waals surface area contributed by atoms with Gasteiger partial charge in [0.15, 0.2) is 5.16 Å². The number of nitrogens with one attached hydrogen (secondary N) is 1. The number of hydrogen-bond acceptors (Lipinski definition) is 5. The number of amides is 1. The van der Waals surface area contributed by atoms with E-state index in [1.165, 1.54) is 17.3 Å². The van der Waals surface area contributed by atoms with Gasteiger partial charge in [-0.25, -0.2) is 4.98 Å². The molecule has 0 unspecified atom stereocenters. The van der Waals surface area contributed by atoms with Gasteiger partial charge < -0.3 is 9.73 Å². The highest BCUT2D eigenvalue weighted by molar-refractivity contribution is 7.99. The zero-order valence-corrected chi connectivity index (χ0v) is 19.7. The molecule has 0 radical (unpaired) electrons. The van der Waals surface area contributed by atoms with Crippen molar-refractivity contribution in [2.45, 2.75) is 25.5 Å². The maximum Gasteiger partial charge on any atom is 0.298 e. The van der Waals surface area contributed by atoms with Crippen LogP contribution in [0.1, 0.15) is 16.7 Å². The Kier molecular flexibility index (Phi) is 5.94. The Labute approximate surface area is 200 Å². The summed E-state index contributed by atoms with van der Waals surface area (Å²) in [4.78, 5) is 30.9. The van der Waals surface area contributed by atoms with Crippen LogP contribution in [-0.2, 0) is 11.3 Å². The molecule has 0 atom stereocenters. The molecule has 5 aromatic rings. The van der Waals surface area contributed by atoms with Crippen molar-refractivity contribution in [2.24, 2.45) is 0 Å². The standard InChI is InChI=1S/C27H23N3O3S/c1-17-12-13-20(14-18(17)2)28-23(31)16-34-27-29-24-21-10-6-7-11-22(21)33-25(24)26(32)30(27)15-19-8-4-3-5-9-19/h3-14H,15-16H2,1-2H3,(H,28,31). The first kappa shape index (κ1) is 22.0. The van der Waals surface area contributed by atoms with E-state index in [1.807, 2.05) is 86.6 Å². The normalized spacial score (nSPS) is 11.2. The number of aryl methyl sites for hydroxylation is 2. The van der Waals surface area contributed by atoms with Crippen LogP contribution < -0.4 is 10.9 Å². The summed E-state index contributed by atoms with van der Waals surface area (Å²) in [7, 11) is 0. The van der Waals surface area contributed by atoms with E-state index in [4.69, 9.17) is 9.40 Å². The van der Waals surface area contributed by atoms with Gasteiger partial charge in [-0.1, -0.05) is 60.3 Å². The summed E-state index contributed by atoms with van der Waals surface area (Å²) in [5.74, 6) is -0.0407. The second-order valence-electron chi connectivity index (χ2n) is 8.18. The van der Waals surface area contributed by atoms with Gasteiger partial charge in [-0.2, -0.15) is 0 Å². The third kappa shape index (κ3) is 4.34. The Morgan fingerprint density at radius 2 is 1.76 bits per heavy atom. The molecule has 3 aromatic carbocycles.